The summed E-state index contributed by atoms with van der Waals surface area (Å²) in [5, 5.41) is 17.1. The van der Waals surface area contributed by atoms with Gasteiger partial charge < -0.3 is 19.1 Å². The highest BCUT2D eigenvalue weighted by atomic mass is 32.1. The number of nitrogens with zero attached hydrogens (tertiary/aromatic N) is 3. The minimum atomic E-state index is -0.875. The molecule has 0 saturated heterocycles. The van der Waals surface area contributed by atoms with Crippen LogP contribution in [0.4, 0.5) is 0 Å². The van der Waals surface area contributed by atoms with E-state index in [0.29, 0.717) is 22.6 Å². The highest BCUT2D eigenvalue weighted by Crippen LogP contribution is 2.30. The Bertz CT molecular complexity index is 1160. The summed E-state index contributed by atoms with van der Waals surface area (Å²) >= 11 is 1.57. The second kappa shape index (κ2) is 7.49. The summed E-state index contributed by atoms with van der Waals surface area (Å²) < 4.78 is 13.5. The molecule has 0 amide bonds. The second-order valence-electron chi connectivity index (χ2n) is 6.22. The van der Waals surface area contributed by atoms with E-state index >= 15 is 0 Å². The smallest absolute Gasteiger partial charge is 0.276 e. The third-order valence-electron chi connectivity index (χ3n) is 4.54. The fourth-order valence-electron chi connectivity index (χ4n) is 3.07. The van der Waals surface area contributed by atoms with Crippen LogP contribution < -0.4 is 15.0 Å². The lowest BCUT2D eigenvalue weighted by atomic mass is 10.1. The van der Waals surface area contributed by atoms with Crippen molar-refractivity contribution < 1.29 is 14.6 Å². The molecule has 1 N–H and O–H groups in total. The Balaban J connectivity index is 1.64. The topological polar surface area (TPSA) is 78.0 Å². The Hall–Kier alpha value is -3.10. The van der Waals surface area contributed by atoms with Gasteiger partial charge in [-0.1, -0.05) is 12.1 Å². The number of aromatic nitrogens is 3. The van der Waals surface area contributed by atoms with Gasteiger partial charge in [-0.05, 0) is 35.2 Å². The van der Waals surface area contributed by atoms with Crippen molar-refractivity contribution in [3.63, 3.8) is 0 Å². The Morgan fingerprint density at radius 1 is 1.14 bits per heavy atom. The SMILES string of the molecule is COc1ccc([C@H](O)Cn2ccn3nc(-c4cccs4)cc3c2=O)cc1OC. The maximum atomic E-state index is 12.9. The number of methoxy groups -OCH3 is 2. The number of rotatable bonds is 6. The van der Waals surface area contributed by atoms with Crippen molar-refractivity contribution in [1.82, 2.24) is 14.2 Å². The molecule has 0 spiro atoms. The molecule has 0 radical (unpaired) electrons. The predicted molar refractivity (Wildman–Crippen MR) is 107 cm³/mol. The monoisotopic (exact) mass is 397 g/mol. The van der Waals surface area contributed by atoms with Gasteiger partial charge in [-0.2, -0.15) is 5.10 Å². The molecule has 0 aliphatic carbocycles. The van der Waals surface area contributed by atoms with Crippen molar-refractivity contribution in [1.29, 1.82) is 0 Å². The van der Waals surface area contributed by atoms with E-state index in [0.717, 1.165) is 10.6 Å². The lowest BCUT2D eigenvalue weighted by Crippen LogP contribution is -2.24. The first-order valence-electron chi connectivity index (χ1n) is 8.63. The number of thiophene rings is 1. The molecule has 0 aliphatic heterocycles. The van der Waals surface area contributed by atoms with E-state index in [1.54, 1.807) is 59.6 Å². The maximum Gasteiger partial charge on any atom is 0.276 e. The Kier molecular flexibility index (Phi) is 4.89. The zero-order valence-corrected chi connectivity index (χ0v) is 16.2. The van der Waals surface area contributed by atoms with Crippen LogP contribution in [0, 0.1) is 0 Å². The van der Waals surface area contributed by atoms with Crippen LogP contribution in [0.2, 0.25) is 0 Å². The number of ether oxygens (including phenoxy) is 2. The van der Waals surface area contributed by atoms with Crippen LogP contribution in [0.15, 0.2) is 59.0 Å². The first-order valence-corrected chi connectivity index (χ1v) is 9.51. The minimum Gasteiger partial charge on any atom is -0.493 e. The molecular formula is C20H19N3O4S. The molecule has 3 heterocycles. The van der Waals surface area contributed by atoms with Crippen molar-refractivity contribution in [3.05, 3.63) is 70.1 Å². The highest BCUT2D eigenvalue weighted by Gasteiger charge is 2.15. The summed E-state index contributed by atoms with van der Waals surface area (Å²) in [7, 11) is 3.09. The summed E-state index contributed by atoms with van der Waals surface area (Å²) in [5.41, 5.74) is 1.64. The molecule has 1 atom stereocenters. The van der Waals surface area contributed by atoms with E-state index in [1.807, 2.05) is 17.5 Å². The number of benzene rings is 1. The van der Waals surface area contributed by atoms with Crippen molar-refractivity contribution in [2.45, 2.75) is 12.6 Å². The Morgan fingerprint density at radius 3 is 2.68 bits per heavy atom. The van der Waals surface area contributed by atoms with E-state index in [2.05, 4.69) is 5.10 Å². The van der Waals surface area contributed by atoms with Crippen LogP contribution in [-0.2, 0) is 6.54 Å². The molecule has 0 unspecified atom stereocenters. The Labute approximate surface area is 165 Å². The number of aliphatic hydroxyl groups excluding tert-OH is 1. The number of aliphatic hydroxyl groups is 1. The van der Waals surface area contributed by atoms with Gasteiger partial charge in [-0.25, -0.2) is 4.52 Å². The van der Waals surface area contributed by atoms with Gasteiger partial charge in [0, 0.05) is 12.4 Å². The highest BCUT2D eigenvalue weighted by molar-refractivity contribution is 7.13. The van der Waals surface area contributed by atoms with E-state index in [1.165, 1.54) is 11.7 Å². The summed E-state index contributed by atoms with van der Waals surface area (Å²) in [6.45, 7) is 0.115. The second-order valence-corrected chi connectivity index (χ2v) is 7.17. The normalized spacial score (nSPS) is 12.2. The molecule has 7 nitrogen and oxygen atoms in total. The van der Waals surface area contributed by atoms with Gasteiger partial charge in [0.25, 0.3) is 5.56 Å². The molecule has 0 fully saturated rings. The van der Waals surface area contributed by atoms with Gasteiger partial charge in [0.05, 0.1) is 31.7 Å². The number of hydrogen-bond donors (Lipinski definition) is 1. The van der Waals surface area contributed by atoms with Gasteiger partial charge in [-0.3, -0.25) is 4.79 Å². The van der Waals surface area contributed by atoms with Gasteiger partial charge in [-0.15, -0.1) is 11.3 Å². The first-order chi connectivity index (χ1) is 13.6. The van der Waals surface area contributed by atoms with E-state index in [4.69, 9.17) is 9.47 Å². The minimum absolute atomic E-state index is 0.115. The van der Waals surface area contributed by atoms with Crippen LogP contribution >= 0.6 is 11.3 Å². The number of fused-ring (bicyclic) bond motifs is 1. The van der Waals surface area contributed by atoms with Crippen molar-refractivity contribution >= 4 is 16.9 Å². The molecule has 0 bridgehead atoms. The molecule has 0 aliphatic rings. The van der Waals surface area contributed by atoms with E-state index in [-0.39, 0.29) is 12.1 Å². The zero-order valence-electron chi connectivity index (χ0n) is 15.4. The third-order valence-corrected chi connectivity index (χ3v) is 5.43. The maximum absolute atomic E-state index is 12.9. The van der Waals surface area contributed by atoms with Gasteiger partial charge in [0.15, 0.2) is 11.5 Å². The molecule has 4 rings (SSSR count). The average molecular weight is 397 g/mol. The summed E-state index contributed by atoms with van der Waals surface area (Å²) in [6.07, 6.45) is 2.47. The fourth-order valence-corrected chi connectivity index (χ4v) is 3.75. The summed E-state index contributed by atoms with van der Waals surface area (Å²) in [6, 6.07) is 10.9. The molecule has 3 aromatic heterocycles. The molecular weight excluding hydrogens is 378 g/mol. The molecule has 4 aromatic rings. The third kappa shape index (κ3) is 3.28. The lowest BCUT2D eigenvalue weighted by molar-refractivity contribution is 0.154. The Morgan fingerprint density at radius 2 is 1.96 bits per heavy atom. The zero-order chi connectivity index (χ0) is 19.7. The largest absolute Gasteiger partial charge is 0.493 e. The van der Waals surface area contributed by atoms with Crippen LogP contribution in [0.25, 0.3) is 16.1 Å². The molecule has 8 heteroatoms. The lowest BCUT2D eigenvalue weighted by Gasteiger charge is -2.15. The van der Waals surface area contributed by atoms with Crippen LogP contribution in [-0.4, -0.2) is 33.5 Å². The first kappa shape index (κ1) is 18.3. The van der Waals surface area contributed by atoms with E-state index < -0.39 is 6.10 Å². The fraction of sp³-hybridized carbons (Fsp3) is 0.200. The number of hydrogen-bond acceptors (Lipinski definition) is 6. The predicted octanol–water partition coefficient (Wildman–Crippen LogP) is 2.98. The molecule has 0 saturated carbocycles. The van der Waals surface area contributed by atoms with Crippen LogP contribution in [0.1, 0.15) is 11.7 Å². The summed E-state index contributed by atoms with van der Waals surface area (Å²) in [4.78, 5) is 13.9. The molecule has 144 valence electrons. The average Bonchev–Trinajstić information content (AvgIpc) is 3.39. The standard InChI is InChI=1S/C20H19N3O4S/c1-26-17-6-5-13(10-18(17)27-2)16(24)12-22-7-8-23-15(20(22)25)11-14(21-23)19-4-3-9-28-19/h3-11,16,24H,12H2,1-2H3/t16-/m1/s1. The van der Waals surface area contributed by atoms with Crippen LogP contribution in [0.3, 0.4) is 0 Å². The van der Waals surface area contributed by atoms with Gasteiger partial charge in [0.2, 0.25) is 0 Å². The van der Waals surface area contributed by atoms with Crippen LogP contribution in [0.5, 0.6) is 11.5 Å². The van der Waals surface area contributed by atoms with Crippen molar-refractivity contribution in [3.8, 4) is 22.1 Å². The van der Waals surface area contributed by atoms with Crippen molar-refractivity contribution in [2.24, 2.45) is 0 Å². The van der Waals surface area contributed by atoms with E-state index in [9.17, 15) is 9.90 Å². The quantitative estimate of drug-likeness (QED) is 0.541. The van der Waals surface area contributed by atoms with Crippen molar-refractivity contribution in [2.75, 3.05) is 14.2 Å². The molecule has 1 aromatic carbocycles. The van der Waals surface area contributed by atoms with Gasteiger partial charge >= 0.3 is 0 Å². The summed E-state index contributed by atoms with van der Waals surface area (Å²) in [5.74, 6) is 1.11. The molecule has 28 heavy (non-hydrogen) atoms. The van der Waals surface area contributed by atoms with Gasteiger partial charge in [0.1, 0.15) is 11.2 Å².